The standard InChI is InChI=1S/C15H23N3O5S/c1-18(10-14(19)16-8-9-23-2)11-15(20)17-12-4-6-13(7-5-12)24(3,21)22/h4-7H,8-11H2,1-3H3,(H,16,19)(H,17,20). The van der Waals surface area contributed by atoms with Crippen LogP contribution in [-0.2, 0) is 24.2 Å². The Morgan fingerprint density at radius 2 is 1.71 bits per heavy atom. The molecule has 1 aromatic rings. The molecule has 0 spiro atoms. The predicted octanol–water partition coefficient (Wildman–Crippen LogP) is -0.277. The number of nitrogens with zero attached hydrogens (tertiary/aromatic N) is 1. The van der Waals surface area contributed by atoms with Crippen molar-refractivity contribution in [2.24, 2.45) is 0 Å². The zero-order chi connectivity index (χ0) is 18.2. The highest BCUT2D eigenvalue weighted by Crippen LogP contribution is 2.13. The lowest BCUT2D eigenvalue weighted by Gasteiger charge is -2.16. The number of methoxy groups -OCH3 is 1. The Labute approximate surface area is 142 Å². The summed E-state index contributed by atoms with van der Waals surface area (Å²) >= 11 is 0. The summed E-state index contributed by atoms with van der Waals surface area (Å²) in [5.41, 5.74) is 0.491. The van der Waals surface area contributed by atoms with Gasteiger partial charge < -0.3 is 15.4 Å². The van der Waals surface area contributed by atoms with Crippen molar-refractivity contribution in [2.45, 2.75) is 4.90 Å². The highest BCUT2D eigenvalue weighted by atomic mass is 32.2. The Hall–Kier alpha value is -1.97. The van der Waals surface area contributed by atoms with Crippen LogP contribution in [0.25, 0.3) is 0 Å². The van der Waals surface area contributed by atoms with Gasteiger partial charge in [-0.25, -0.2) is 8.42 Å². The number of hydrogen-bond acceptors (Lipinski definition) is 6. The maximum atomic E-state index is 11.9. The smallest absolute Gasteiger partial charge is 0.238 e. The third kappa shape index (κ3) is 7.53. The van der Waals surface area contributed by atoms with Crippen molar-refractivity contribution < 1.29 is 22.7 Å². The van der Waals surface area contributed by atoms with Crippen molar-refractivity contribution in [1.29, 1.82) is 0 Å². The fraction of sp³-hybridized carbons (Fsp3) is 0.467. The largest absolute Gasteiger partial charge is 0.383 e. The maximum Gasteiger partial charge on any atom is 0.238 e. The second-order valence-corrected chi connectivity index (χ2v) is 7.38. The van der Waals surface area contributed by atoms with Crippen LogP contribution in [0.4, 0.5) is 5.69 Å². The van der Waals surface area contributed by atoms with Gasteiger partial charge >= 0.3 is 0 Å². The van der Waals surface area contributed by atoms with E-state index < -0.39 is 9.84 Å². The van der Waals surface area contributed by atoms with E-state index in [0.717, 1.165) is 6.26 Å². The topological polar surface area (TPSA) is 105 Å². The van der Waals surface area contributed by atoms with Gasteiger partial charge in [0.15, 0.2) is 9.84 Å². The lowest BCUT2D eigenvalue weighted by atomic mass is 10.3. The number of benzene rings is 1. The van der Waals surface area contributed by atoms with Crippen LogP contribution in [0.2, 0.25) is 0 Å². The Morgan fingerprint density at radius 1 is 1.12 bits per heavy atom. The second kappa shape index (κ2) is 9.36. The molecule has 0 aliphatic carbocycles. The van der Waals surface area contributed by atoms with Crippen LogP contribution in [0.3, 0.4) is 0 Å². The molecular weight excluding hydrogens is 334 g/mol. The minimum atomic E-state index is -3.26. The third-order valence-corrected chi connectivity index (χ3v) is 4.15. The van der Waals surface area contributed by atoms with E-state index in [1.807, 2.05) is 0 Å². The first-order chi connectivity index (χ1) is 11.2. The average molecular weight is 357 g/mol. The first-order valence-electron chi connectivity index (χ1n) is 7.26. The second-order valence-electron chi connectivity index (χ2n) is 5.36. The molecular formula is C15H23N3O5S. The molecule has 0 aromatic heterocycles. The summed E-state index contributed by atoms with van der Waals surface area (Å²) in [7, 11) is -0.0629. The minimum absolute atomic E-state index is 0.0333. The first kappa shape index (κ1) is 20.1. The molecule has 9 heteroatoms. The first-order valence-corrected chi connectivity index (χ1v) is 9.15. The summed E-state index contributed by atoms with van der Waals surface area (Å²) < 4.78 is 27.6. The lowest BCUT2D eigenvalue weighted by molar-refractivity contribution is -0.123. The van der Waals surface area contributed by atoms with Crippen molar-refractivity contribution in [1.82, 2.24) is 10.2 Å². The molecule has 8 nitrogen and oxygen atoms in total. The lowest BCUT2D eigenvalue weighted by Crippen LogP contribution is -2.39. The number of carbonyl (C=O) groups is 2. The van der Waals surface area contributed by atoms with Gasteiger partial charge in [0.05, 0.1) is 24.6 Å². The molecule has 0 saturated heterocycles. The molecule has 2 N–H and O–H groups in total. The van der Waals surface area contributed by atoms with Gasteiger partial charge in [0.1, 0.15) is 0 Å². The summed E-state index contributed by atoms with van der Waals surface area (Å²) in [6.45, 7) is 0.969. The van der Waals surface area contributed by atoms with Crippen LogP contribution in [0.5, 0.6) is 0 Å². The molecule has 1 aromatic carbocycles. The van der Waals surface area contributed by atoms with E-state index in [-0.39, 0.29) is 29.8 Å². The number of nitrogens with one attached hydrogen (secondary N) is 2. The SMILES string of the molecule is COCCNC(=O)CN(C)CC(=O)Nc1ccc(S(C)(=O)=O)cc1. The number of carbonyl (C=O) groups excluding carboxylic acids is 2. The number of hydrogen-bond donors (Lipinski definition) is 2. The molecule has 1 rings (SSSR count). The number of anilines is 1. The Kier molecular flexibility index (Phi) is 7.83. The fourth-order valence-electron chi connectivity index (χ4n) is 1.88. The minimum Gasteiger partial charge on any atom is -0.383 e. The van der Waals surface area contributed by atoms with Gasteiger partial charge in [-0.3, -0.25) is 14.5 Å². The highest BCUT2D eigenvalue weighted by Gasteiger charge is 2.11. The average Bonchev–Trinajstić information content (AvgIpc) is 2.46. The summed E-state index contributed by atoms with van der Waals surface area (Å²) in [4.78, 5) is 25.3. The number of amides is 2. The highest BCUT2D eigenvalue weighted by molar-refractivity contribution is 7.90. The van der Waals surface area contributed by atoms with Gasteiger partial charge in [-0.1, -0.05) is 0 Å². The van der Waals surface area contributed by atoms with Crippen molar-refractivity contribution in [3.8, 4) is 0 Å². The van der Waals surface area contributed by atoms with Crippen molar-refractivity contribution in [2.75, 3.05) is 52.0 Å². The van der Waals surface area contributed by atoms with E-state index >= 15 is 0 Å². The number of rotatable bonds is 9. The molecule has 0 radical (unpaired) electrons. The molecule has 0 aliphatic heterocycles. The van der Waals surface area contributed by atoms with Gasteiger partial charge in [0.25, 0.3) is 0 Å². The molecule has 2 amide bonds. The van der Waals surface area contributed by atoms with Crippen molar-refractivity contribution in [3.05, 3.63) is 24.3 Å². The molecule has 0 bridgehead atoms. The number of likely N-dealkylation sites (N-methyl/N-ethyl adjacent to an activating group) is 1. The van der Waals surface area contributed by atoms with Gasteiger partial charge in [-0.05, 0) is 31.3 Å². The van der Waals surface area contributed by atoms with Crippen LogP contribution in [0, 0.1) is 0 Å². The summed E-state index contributed by atoms with van der Waals surface area (Å²) in [5, 5.41) is 5.31. The van der Waals surface area contributed by atoms with Crippen molar-refractivity contribution >= 4 is 27.3 Å². The summed E-state index contributed by atoms with van der Waals surface area (Å²) in [6, 6.07) is 5.90. The molecule has 0 heterocycles. The predicted molar refractivity (Wildman–Crippen MR) is 90.6 cm³/mol. The van der Waals surface area contributed by atoms with Crippen LogP contribution < -0.4 is 10.6 Å². The van der Waals surface area contributed by atoms with E-state index in [4.69, 9.17) is 4.74 Å². The number of ether oxygens (including phenoxy) is 1. The molecule has 24 heavy (non-hydrogen) atoms. The molecule has 0 saturated carbocycles. The summed E-state index contributed by atoms with van der Waals surface area (Å²) in [5.74, 6) is -0.492. The molecule has 134 valence electrons. The van der Waals surface area contributed by atoms with E-state index in [9.17, 15) is 18.0 Å². The normalized spacial score (nSPS) is 11.3. The summed E-state index contributed by atoms with van der Waals surface area (Å²) in [6.07, 6.45) is 1.12. The Morgan fingerprint density at radius 3 is 2.25 bits per heavy atom. The van der Waals surface area contributed by atoms with Gasteiger partial charge in [0, 0.05) is 25.6 Å². The van der Waals surface area contributed by atoms with Gasteiger partial charge in [-0.2, -0.15) is 0 Å². The molecule has 0 aliphatic rings. The van der Waals surface area contributed by atoms with E-state index in [1.165, 1.54) is 24.3 Å². The zero-order valence-corrected chi connectivity index (χ0v) is 14.9. The van der Waals surface area contributed by atoms with Crippen LogP contribution >= 0.6 is 0 Å². The molecule has 0 unspecified atom stereocenters. The van der Waals surface area contributed by atoms with E-state index in [0.29, 0.717) is 18.8 Å². The number of sulfone groups is 1. The van der Waals surface area contributed by atoms with Crippen LogP contribution in [-0.4, -0.2) is 71.8 Å². The Balaban J connectivity index is 2.44. The Bertz CT molecular complexity index is 658. The zero-order valence-electron chi connectivity index (χ0n) is 14.0. The van der Waals surface area contributed by atoms with Gasteiger partial charge in [0.2, 0.25) is 11.8 Å². The third-order valence-electron chi connectivity index (χ3n) is 3.02. The molecule has 0 atom stereocenters. The van der Waals surface area contributed by atoms with Crippen LogP contribution in [0.15, 0.2) is 29.2 Å². The van der Waals surface area contributed by atoms with E-state index in [1.54, 1.807) is 19.1 Å². The molecule has 0 fully saturated rings. The van der Waals surface area contributed by atoms with Crippen molar-refractivity contribution in [3.63, 3.8) is 0 Å². The van der Waals surface area contributed by atoms with E-state index in [2.05, 4.69) is 10.6 Å². The maximum absolute atomic E-state index is 11.9. The van der Waals surface area contributed by atoms with Crippen LogP contribution in [0.1, 0.15) is 0 Å². The van der Waals surface area contributed by atoms with Gasteiger partial charge in [-0.15, -0.1) is 0 Å². The quantitative estimate of drug-likeness (QED) is 0.589. The fourth-order valence-corrected chi connectivity index (χ4v) is 2.51. The monoisotopic (exact) mass is 357 g/mol.